The molecule has 162 valence electrons. The van der Waals surface area contributed by atoms with Crippen molar-refractivity contribution < 1.29 is 48.6 Å². The van der Waals surface area contributed by atoms with Crippen molar-refractivity contribution in [2.45, 2.75) is 81.9 Å². The van der Waals surface area contributed by atoms with Crippen LogP contribution in [0.1, 0.15) is 20.8 Å². The number of ether oxygens (including phenoxy) is 5. The number of methoxy groups -OCH3 is 2. The van der Waals surface area contributed by atoms with E-state index in [1.807, 2.05) is 0 Å². The second kappa shape index (κ2) is 9.44. The van der Waals surface area contributed by atoms with Crippen LogP contribution in [0.2, 0.25) is 0 Å². The van der Waals surface area contributed by atoms with Gasteiger partial charge in [0.1, 0.15) is 30.5 Å². The Bertz CT molecular complexity index is 560. The standard InChI is InChI=1S/C17H29NO10/c1-6-9(18-8(3)19)12(10(20)7(2)26-6)27-17-11(21)13(24-4)14(25-5)15(28-17)16(22)23/h6-7,9-15,17,20-21H,1-5H3,(H,18,19)(H,22,23). The molecule has 10 unspecified atom stereocenters. The topological polar surface area (TPSA) is 153 Å². The number of carboxylic acids is 1. The number of nitrogens with one attached hydrogen (secondary N) is 1. The molecule has 0 bridgehead atoms. The number of hydrogen-bond acceptors (Lipinski definition) is 9. The quantitative estimate of drug-likeness (QED) is 0.398. The number of rotatable bonds is 6. The van der Waals surface area contributed by atoms with Crippen LogP contribution in [-0.2, 0) is 33.3 Å². The molecular weight excluding hydrogens is 378 g/mol. The van der Waals surface area contributed by atoms with E-state index in [9.17, 15) is 24.9 Å². The molecule has 1 amide bonds. The Kier molecular flexibility index (Phi) is 7.73. The van der Waals surface area contributed by atoms with Crippen molar-refractivity contribution in [3.63, 3.8) is 0 Å². The normalized spacial score (nSPS) is 44.1. The van der Waals surface area contributed by atoms with Gasteiger partial charge in [-0.15, -0.1) is 0 Å². The van der Waals surface area contributed by atoms with E-state index in [4.69, 9.17) is 23.7 Å². The van der Waals surface area contributed by atoms with E-state index in [0.717, 1.165) is 0 Å². The van der Waals surface area contributed by atoms with Gasteiger partial charge in [0.2, 0.25) is 5.91 Å². The van der Waals surface area contributed by atoms with E-state index in [1.165, 1.54) is 21.1 Å². The predicted molar refractivity (Wildman–Crippen MR) is 92.4 cm³/mol. The summed E-state index contributed by atoms with van der Waals surface area (Å²) in [5.41, 5.74) is 0. The molecule has 2 fully saturated rings. The molecule has 2 aliphatic heterocycles. The lowest BCUT2D eigenvalue weighted by Crippen LogP contribution is -2.67. The Morgan fingerprint density at radius 2 is 1.54 bits per heavy atom. The van der Waals surface area contributed by atoms with Crippen molar-refractivity contribution in [2.24, 2.45) is 0 Å². The van der Waals surface area contributed by atoms with Crippen LogP contribution in [0.5, 0.6) is 0 Å². The van der Waals surface area contributed by atoms with Gasteiger partial charge in [0.05, 0.1) is 18.2 Å². The smallest absolute Gasteiger partial charge is 0.335 e. The molecule has 0 aromatic carbocycles. The molecule has 0 aromatic rings. The lowest BCUT2D eigenvalue weighted by Gasteiger charge is -2.47. The Balaban J connectivity index is 2.28. The first-order valence-electron chi connectivity index (χ1n) is 9.00. The summed E-state index contributed by atoms with van der Waals surface area (Å²) in [6.07, 6.45) is -9.72. The summed E-state index contributed by atoms with van der Waals surface area (Å²) in [4.78, 5) is 23.2. The lowest BCUT2D eigenvalue weighted by molar-refractivity contribution is -0.328. The largest absolute Gasteiger partial charge is 0.479 e. The van der Waals surface area contributed by atoms with E-state index in [-0.39, 0.29) is 5.91 Å². The highest BCUT2D eigenvalue weighted by molar-refractivity contribution is 5.73. The fraction of sp³-hybridized carbons (Fsp3) is 0.882. The average molecular weight is 407 g/mol. The second-order valence-corrected chi connectivity index (χ2v) is 7.02. The van der Waals surface area contributed by atoms with Crippen LogP contribution in [0.4, 0.5) is 0 Å². The monoisotopic (exact) mass is 407 g/mol. The van der Waals surface area contributed by atoms with Gasteiger partial charge in [-0.1, -0.05) is 0 Å². The number of hydrogen-bond donors (Lipinski definition) is 4. The molecule has 0 spiro atoms. The first-order chi connectivity index (χ1) is 13.1. The molecule has 10 atom stereocenters. The fourth-order valence-electron chi connectivity index (χ4n) is 3.67. The molecule has 0 saturated carbocycles. The first kappa shape index (κ1) is 22.9. The van der Waals surface area contributed by atoms with Gasteiger partial charge in [0.15, 0.2) is 12.4 Å². The fourth-order valence-corrected chi connectivity index (χ4v) is 3.67. The molecule has 2 aliphatic rings. The molecule has 11 heteroatoms. The molecular formula is C17H29NO10. The van der Waals surface area contributed by atoms with Crippen LogP contribution in [-0.4, -0.2) is 103 Å². The van der Waals surface area contributed by atoms with Crippen LogP contribution < -0.4 is 5.32 Å². The molecule has 11 nitrogen and oxygen atoms in total. The van der Waals surface area contributed by atoms with E-state index in [2.05, 4.69) is 5.32 Å². The second-order valence-electron chi connectivity index (χ2n) is 7.02. The van der Waals surface area contributed by atoms with Crippen molar-refractivity contribution in [1.82, 2.24) is 5.32 Å². The van der Waals surface area contributed by atoms with Gasteiger partial charge in [-0.25, -0.2) is 4.79 Å². The van der Waals surface area contributed by atoms with Crippen LogP contribution in [0.3, 0.4) is 0 Å². The third-order valence-electron chi connectivity index (χ3n) is 5.07. The van der Waals surface area contributed by atoms with Gasteiger partial charge in [0, 0.05) is 21.1 Å². The van der Waals surface area contributed by atoms with Gasteiger partial charge < -0.3 is 44.3 Å². The van der Waals surface area contributed by atoms with E-state index < -0.39 is 67.1 Å². The van der Waals surface area contributed by atoms with E-state index >= 15 is 0 Å². The van der Waals surface area contributed by atoms with Gasteiger partial charge in [0.25, 0.3) is 0 Å². The third-order valence-corrected chi connectivity index (χ3v) is 5.07. The molecule has 2 heterocycles. The summed E-state index contributed by atoms with van der Waals surface area (Å²) in [6, 6.07) is -0.746. The maximum absolute atomic E-state index is 11.6. The van der Waals surface area contributed by atoms with Crippen molar-refractivity contribution in [1.29, 1.82) is 0 Å². The zero-order chi connectivity index (χ0) is 21.2. The van der Waals surface area contributed by atoms with Crippen molar-refractivity contribution in [3.05, 3.63) is 0 Å². The Labute approximate surface area is 162 Å². The Morgan fingerprint density at radius 1 is 0.929 bits per heavy atom. The minimum absolute atomic E-state index is 0.362. The number of carbonyl (C=O) groups is 2. The lowest BCUT2D eigenvalue weighted by atomic mass is 9.93. The summed E-state index contributed by atoms with van der Waals surface area (Å²) in [6.45, 7) is 4.65. The molecule has 2 saturated heterocycles. The predicted octanol–water partition coefficient (Wildman–Crippen LogP) is -1.76. The molecule has 4 N–H and O–H groups in total. The summed E-state index contributed by atoms with van der Waals surface area (Å²) in [5, 5.41) is 33.2. The van der Waals surface area contributed by atoms with Crippen LogP contribution in [0.25, 0.3) is 0 Å². The zero-order valence-corrected chi connectivity index (χ0v) is 16.5. The number of aliphatic hydroxyl groups excluding tert-OH is 2. The number of carboxylic acid groups (broad SMARTS) is 1. The molecule has 28 heavy (non-hydrogen) atoms. The van der Waals surface area contributed by atoms with Crippen LogP contribution >= 0.6 is 0 Å². The van der Waals surface area contributed by atoms with E-state index in [0.29, 0.717) is 0 Å². The molecule has 2 rings (SSSR count). The summed E-state index contributed by atoms with van der Waals surface area (Å²) in [5.74, 6) is -1.68. The minimum atomic E-state index is -1.46. The Hall–Kier alpha value is -1.34. The summed E-state index contributed by atoms with van der Waals surface area (Å²) >= 11 is 0. The highest BCUT2D eigenvalue weighted by Crippen LogP contribution is 2.30. The number of aliphatic hydroxyl groups is 2. The Morgan fingerprint density at radius 3 is 2.04 bits per heavy atom. The number of amides is 1. The van der Waals surface area contributed by atoms with E-state index in [1.54, 1.807) is 13.8 Å². The average Bonchev–Trinajstić information content (AvgIpc) is 2.62. The van der Waals surface area contributed by atoms with Crippen LogP contribution in [0, 0.1) is 0 Å². The van der Waals surface area contributed by atoms with Gasteiger partial charge in [-0.2, -0.15) is 0 Å². The number of aliphatic carboxylic acids is 1. The van der Waals surface area contributed by atoms with Crippen molar-refractivity contribution in [3.8, 4) is 0 Å². The minimum Gasteiger partial charge on any atom is -0.479 e. The maximum atomic E-state index is 11.6. The SMILES string of the molecule is COC1C(C(=O)O)OC(OC2C(O)C(C)OC(C)C2NC(C)=O)C(O)C1OC. The molecule has 0 aliphatic carbocycles. The van der Waals surface area contributed by atoms with Crippen molar-refractivity contribution in [2.75, 3.05) is 14.2 Å². The van der Waals surface area contributed by atoms with Gasteiger partial charge in [-0.05, 0) is 13.8 Å². The number of carbonyl (C=O) groups excluding carboxylic acids is 1. The maximum Gasteiger partial charge on any atom is 0.335 e. The first-order valence-corrected chi connectivity index (χ1v) is 9.00. The van der Waals surface area contributed by atoms with Crippen LogP contribution in [0.15, 0.2) is 0 Å². The highest BCUT2D eigenvalue weighted by atomic mass is 16.7. The van der Waals surface area contributed by atoms with Gasteiger partial charge in [-0.3, -0.25) is 4.79 Å². The summed E-state index contributed by atoms with van der Waals surface area (Å²) in [7, 11) is 2.58. The summed E-state index contributed by atoms with van der Waals surface area (Å²) < 4.78 is 27.2. The van der Waals surface area contributed by atoms with Crippen molar-refractivity contribution >= 4 is 11.9 Å². The third kappa shape index (κ3) is 4.62. The van der Waals surface area contributed by atoms with Gasteiger partial charge >= 0.3 is 5.97 Å². The molecule has 0 radical (unpaired) electrons. The highest BCUT2D eigenvalue weighted by Gasteiger charge is 2.52. The zero-order valence-electron chi connectivity index (χ0n) is 16.5. The molecule has 0 aromatic heterocycles.